The van der Waals surface area contributed by atoms with Crippen molar-refractivity contribution in [2.24, 2.45) is 0 Å². The summed E-state index contributed by atoms with van der Waals surface area (Å²) in [5.41, 5.74) is 12.8. The Morgan fingerprint density at radius 3 is 2.74 bits per heavy atom. The van der Waals surface area contributed by atoms with Gasteiger partial charge in [-0.2, -0.15) is 0 Å². The average molecular weight is 583 g/mol. The van der Waals surface area contributed by atoms with Gasteiger partial charge in [0.1, 0.15) is 17.2 Å². The Morgan fingerprint density at radius 2 is 1.98 bits per heavy atom. The van der Waals surface area contributed by atoms with E-state index in [-0.39, 0.29) is 6.61 Å². The lowest BCUT2D eigenvalue weighted by Crippen LogP contribution is -2.42. The molecule has 1 aliphatic heterocycles. The normalized spacial score (nSPS) is 14.1. The minimum atomic E-state index is 0.0867. The van der Waals surface area contributed by atoms with Crippen molar-refractivity contribution < 1.29 is 14.3 Å². The van der Waals surface area contributed by atoms with Crippen molar-refractivity contribution in [3.8, 4) is 28.4 Å². The maximum absolute atomic E-state index is 9.39. The first-order valence-electron chi connectivity index (χ1n) is 14.6. The summed E-state index contributed by atoms with van der Waals surface area (Å²) in [4.78, 5) is 22.2. The quantitative estimate of drug-likeness (QED) is 0.165. The molecule has 0 aliphatic carbocycles. The second kappa shape index (κ2) is 12.3. The number of nitrogens with zero attached hydrogens (tertiary/aromatic N) is 5. The Labute approximate surface area is 250 Å². The van der Waals surface area contributed by atoms with E-state index >= 15 is 0 Å². The molecule has 6 rings (SSSR count). The van der Waals surface area contributed by atoms with Crippen LogP contribution in [0.2, 0.25) is 0 Å². The van der Waals surface area contributed by atoms with Crippen LogP contribution in [0, 0.1) is 0 Å². The predicted octanol–water partition coefficient (Wildman–Crippen LogP) is 5.07. The number of fused-ring (bicyclic) bond motifs is 1. The predicted molar refractivity (Wildman–Crippen MR) is 170 cm³/mol. The van der Waals surface area contributed by atoms with Crippen molar-refractivity contribution in [1.82, 2.24) is 24.8 Å². The number of aliphatic hydroxyl groups is 1. The Kier molecular flexibility index (Phi) is 8.17. The molecule has 2 aromatic carbocycles. The lowest BCUT2D eigenvalue weighted by molar-refractivity contribution is 0.249. The van der Waals surface area contributed by atoms with Crippen molar-refractivity contribution >= 4 is 34.0 Å². The van der Waals surface area contributed by atoms with E-state index in [9.17, 15) is 5.11 Å². The summed E-state index contributed by atoms with van der Waals surface area (Å²) in [5.74, 6) is 1.83. The Hall–Kier alpha value is -4.61. The average Bonchev–Trinajstić information content (AvgIpc) is 3.67. The minimum Gasteiger partial charge on any atom is -0.494 e. The first kappa shape index (κ1) is 28.5. The number of nitrogen functional groups attached to an aromatic ring is 1. The standard InChI is InChI=1S/C32H38N8O3/c1-39(2)22-9-13-40(14-10-22)26-19-28(42-3)25(18-23(26)33)36-32-34-12-8-24(35-32)31-30(37-29(38-31)5-4-15-41)21-7-6-20-11-16-43-27(20)17-21/h6-8,11-12,16-19,22,41H,4-5,9-10,13-15,33H2,1-3H3,(H,37,38)(H,34,35,36). The fourth-order valence-electron chi connectivity index (χ4n) is 5.71. The summed E-state index contributed by atoms with van der Waals surface area (Å²) < 4.78 is 11.4. The molecule has 5 N–H and O–H groups in total. The zero-order valence-electron chi connectivity index (χ0n) is 24.8. The molecule has 0 amide bonds. The third-order valence-corrected chi connectivity index (χ3v) is 8.10. The minimum absolute atomic E-state index is 0.0867. The Balaban J connectivity index is 1.29. The highest BCUT2D eigenvalue weighted by Crippen LogP contribution is 2.38. The van der Waals surface area contributed by atoms with E-state index < -0.39 is 0 Å². The van der Waals surface area contributed by atoms with Gasteiger partial charge >= 0.3 is 0 Å². The molecule has 0 atom stereocenters. The van der Waals surface area contributed by atoms with Crippen LogP contribution in [-0.4, -0.2) is 76.9 Å². The Morgan fingerprint density at radius 1 is 1.14 bits per heavy atom. The third-order valence-electron chi connectivity index (χ3n) is 8.10. The topological polar surface area (TPSA) is 142 Å². The molecule has 4 heterocycles. The monoisotopic (exact) mass is 582 g/mol. The number of nitrogens with one attached hydrogen (secondary N) is 2. The van der Waals surface area contributed by atoms with Crippen molar-refractivity contribution in [2.75, 3.05) is 56.9 Å². The number of hydrogen-bond acceptors (Lipinski definition) is 10. The van der Waals surface area contributed by atoms with Crippen LogP contribution in [0.1, 0.15) is 25.1 Å². The van der Waals surface area contributed by atoms with Gasteiger partial charge < -0.3 is 40.1 Å². The van der Waals surface area contributed by atoms with E-state index in [0.717, 1.165) is 65.4 Å². The number of piperidine rings is 1. The number of aromatic nitrogens is 4. The largest absolute Gasteiger partial charge is 0.494 e. The first-order chi connectivity index (χ1) is 20.9. The van der Waals surface area contributed by atoms with E-state index in [1.165, 1.54) is 0 Å². The van der Waals surface area contributed by atoms with Gasteiger partial charge in [0.25, 0.3) is 0 Å². The number of aromatic amines is 1. The van der Waals surface area contributed by atoms with Gasteiger partial charge in [0.05, 0.1) is 47.5 Å². The van der Waals surface area contributed by atoms with Crippen LogP contribution in [0.15, 0.2) is 59.3 Å². The fourth-order valence-corrected chi connectivity index (χ4v) is 5.71. The van der Waals surface area contributed by atoms with Crippen molar-refractivity contribution in [3.05, 3.63) is 60.7 Å². The highest BCUT2D eigenvalue weighted by molar-refractivity contribution is 5.86. The molecule has 11 heteroatoms. The molecular formula is C32H38N8O3. The number of aliphatic hydroxyl groups excluding tert-OH is 1. The fraction of sp³-hybridized carbons (Fsp3) is 0.344. The van der Waals surface area contributed by atoms with Crippen molar-refractivity contribution in [3.63, 3.8) is 0 Å². The number of furan rings is 1. The van der Waals surface area contributed by atoms with E-state index in [1.54, 1.807) is 19.6 Å². The maximum atomic E-state index is 9.39. The molecule has 3 aromatic heterocycles. The van der Waals surface area contributed by atoms with E-state index in [4.69, 9.17) is 24.9 Å². The summed E-state index contributed by atoms with van der Waals surface area (Å²) >= 11 is 0. The van der Waals surface area contributed by atoms with Gasteiger partial charge in [0, 0.05) is 55.4 Å². The molecule has 1 fully saturated rings. The highest BCUT2D eigenvalue weighted by Gasteiger charge is 2.23. The lowest BCUT2D eigenvalue weighted by atomic mass is 10.0. The van der Waals surface area contributed by atoms with Crippen LogP contribution < -0.4 is 20.7 Å². The summed E-state index contributed by atoms with van der Waals surface area (Å²) in [6.07, 6.45) is 6.76. The number of rotatable bonds is 10. The van der Waals surface area contributed by atoms with Gasteiger partial charge in [-0.3, -0.25) is 0 Å². The van der Waals surface area contributed by atoms with Crippen LogP contribution >= 0.6 is 0 Å². The number of aryl methyl sites for hydroxylation is 1. The molecule has 0 radical (unpaired) electrons. The van der Waals surface area contributed by atoms with Crippen molar-refractivity contribution in [1.29, 1.82) is 0 Å². The van der Waals surface area contributed by atoms with Crippen LogP contribution in [-0.2, 0) is 6.42 Å². The first-order valence-corrected chi connectivity index (χ1v) is 14.6. The van der Waals surface area contributed by atoms with E-state index in [0.29, 0.717) is 47.7 Å². The molecule has 224 valence electrons. The lowest BCUT2D eigenvalue weighted by Gasteiger charge is -2.37. The zero-order valence-corrected chi connectivity index (χ0v) is 24.8. The SMILES string of the molecule is COc1cc(N2CCC(N(C)C)CC2)c(N)cc1Nc1nccc(-c2[nH]c(CCCO)nc2-c2ccc3ccoc3c2)n1. The van der Waals surface area contributed by atoms with Gasteiger partial charge in [-0.05, 0) is 57.6 Å². The Bertz CT molecular complexity index is 1700. The number of nitrogens with two attached hydrogens (primary N) is 1. The van der Waals surface area contributed by atoms with Gasteiger partial charge in [-0.1, -0.05) is 12.1 Å². The molecule has 1 aliphatic rings. The zero-order chi connectivity index (χ0) is 29.9. The summed E-state index contributed by atoms with van der Waals surface area (Å²) in [5, 5.41) is 13.7. The number of hydrogen-bond donors (Lipinski definition) is 4. The highest BCUT2D eigenvalue weighted by atomic mass is 16.5. The second-order valence-electron chi connectivity index (χ2n) is 11.1. The number of ether oxygens (including phenoxy) is 1. The molecular weight excluding hydrogens is 544 g/mol. The van der Waals surface area contributed by atoms with Gasteiger partial charge in [0.2, 0.25) is 5.95 Å². The molecule has 0 saturated carbocycles. The molecule has 0 spiro atoms. The number of benzene rings is 2. The number of methoxy groups -OCH3 is 1. The molecule has 0 unspecified atom stereocenters. The van der Waals surface area contributed by atoms with E-state index in [2.05, 4.69) is 39.2 Å². The third kappa shape index (κ3) is 5.99. The number of anilines is 4. The summed E-state index contributed by atoms with van der Waals surface area (Å²) in [7, 11) is 5.92. The molecule has 1 saturated heterocycles. The van der Waals surface area contributed by atoms with E-state index in [1.807, 2.05) is 42.5 Å². The summed E-state index contributed by atoms with van der Waals surface area (Å²) in [6, 6.07) is 14.2. The van der Waals surface area contributed by atoms with Crippen LogP contribution in [0.5, 0.6) is 5.75 Å². The van der Waals surface area contributed by atoms with Crippen LogP contribution in [0.3, 0.4) is 0 Å². The van der Waals surface area contributed by atoms with Crippen LogP contribution in [0.4, 0.5) is 23.0 Å². The molecule has 5 aromatic rings. The van der Waals surface area contributed by atoms with Crippen molar-refractivity contribution in [2.45, 2.75) is 31.7 Å². The molecule has 11 nitrogen and oxygen atoms in total. The van der Waals surface area contributed by atoms with Crippen LogP contribution in [0.25, 0.3) is 33.6 Å². The van der Waals surface area contributed by atoms with Gasteiger partial charge in [-0.25, -0.2) is 15.0 Å². The second-order valence-corrected chi connectivity index (χ2v) is 11.1. The smallest absolute Gasteiger partial charge is 0.227 e. The summed E-state index contributed by atoms with van der Waals surface area (Å²) in [6.45, 7) is 1.96. The molecule has 0 bridgehead atoms. The molecule has 43 heavy (non-hydrogen) atoms. The van der Waals surface area contributed by atoms with Gasteiger partial charge in [0.15, 0.2) is 0 Å². The van der Waals surface area contributed by atoms with Gasteiger partial charge in [-0.15, -0.1) is 0 Å². The maximum Gasteiger partial charge on any atom is 0.227 e. The number of H-pyrrole nitrogens is 1. The number of imidazole rings is 1.